The fourth-order valence-corrected chi connectivity index (χ4v) is 9.47. The zero-order valence-electron chi connectivity index (χ0n) is 53.8. The van der Waals surface area contributed by atoms with Crippen molar-refractivity contribution in [1.29, 1.82) is 0 Å². The summed E-state index contributed by atoms with van der Waals surface area (Å²) >= 11 is 0. The topological polar surface area (TPSA) is 114 Å². The Kier molecular flexibility index (Phi) is 58.0. The van der Waals surface area contributed by atoms with E-state index < -0.39 is 26.6 Å². The molecule has 0 aromatic rings. The van der Waals surface area contributed by atoms with Crippen LogP contribution in [0, 0.1) is 0 Å². The van der Waals surface area contributed by atoms with Gasteiger partial charge in [-0.05, 0) is 115 Å². The molecule has 3 atom stereocenters. The van der Waals surface area contributed by atoms with Crippen LogP contribution in [-0.4, -0.2) is 69.4 Å². The number of ether oxygens (including phenoxy) is 1. The molecule has 1 amide bonds. The second-order valence-corrected chi connectivity index (χ2v) is 24.3. The van der Waals surface area contributed by atoms with Crippen LogP contribution in [0.1, 0.15) is 252 Å². The van der Waals surface area contributed by atoms with Crippen molar-refractivity contribution in [2.75, 3.05) is 40.9 Å². The van der Waals surface area contributed by atoms with Gasteiger partial charge in [-0.25, -0.2) is 0 Å². The average Bonchev–Trinajstić information content (AvgIpc) is 3.52. The van der Waals surface area contributed by atoms with Crippen molar-refractivity contribution < 1.29 is 37.3 Å². The number of hydrogen-bond acceptors (Lipinski definition) is 7. The Morgan fingerprint density at radius 1 is 0.434 bits per heavy atom. The van der Waals surface area contributed by atoms with Crippen LogP contribution in [-0.2, 0) is 27.9 Å². The first-order valence-electron chi connectivity index (χ1n) is 33.1. The number of amides is 1. The zero-order valence-corrected chi connectivity index (χ0v) is 54.7. The molecule has 0 bridgehead atoms. The van der Waals surface area contributed by atoms with Gasteiger partial charge in [0.25, 0.3) is 7.82 Å². The van der Waals surface area contributed by atoms with E-state index in [1.165, 1.54) is 89.9 Å². The van der Waals surface area contributed by atoms with Crippen molar-refractivity contribution in [2.24, 2.45) is 0 Å². The predicted molar refractivity (Wildman–Crippen MR) is 357 cm³/mol. The van der Waals surface area contributed by atoms with Gasteiger partial charge >= 0.3 is 5.97 Å². The fraction of sp³-hybridized carbons (Fsp3) is 0.644. The van der Waals surface area contributed by atoms with E-state index in [-0.39, 0.29) is 31.3 Å². The number of unbranched alkanes of at least 4 members (excludes halogenated alkanes) is 20. The molecule has 0 saturated carbocycles. The van der Waals surface area contributed by atoms with Gasteiger partial charge in [0.1, 0.15) is 19.3 Å². The predicted octanol–water partition coefficient (Wildman–Crippen LogP) is 20.4. The quantitative estimate of drug-likeness (QED) is 0.0212. The number of carbonyl (C=O) groups is 2. The normalized spacial score (nSPS) is 14.5. The summed E-state index contributed by atoms with van der Waals surface area (Å²) in [7, 11) is 1.12. The molecule has 0 spiro atoms. The van der Waals surface area contributed by atoms with Gasteiger partial charge < -0.3 is 28.5 Å². The summed E-state index contributed by atoms with van der Waals surface area (Å²) in [5, 5.41) is 2.98. The van der Waals surface area contributed by atoms with Crippen molar-refractivity contribution in [3.63, 3.8) is 0 Å². The molecule has 0 saturated heterocycles. The second kappa shape index (κ2) is 61.0. The number of nitrogens with zero attached hydrogens (tertiary/aromatic N) is 1. The molecule has 0 fully saturated rings. The van der Waals surface area contributed by atoms with Gasteiger partial charge in [-0.1, -0.05) is 270 Å². The van der Waals surface area contributed by atoms with Crippen molar-refractivity contribution in [3.8, 4) is 0 Å². The van der Waals surface area contributed by atoms with Gasteiger partial charge in [-0.3, -0.25) is 14.2 Å². The van der Waals surface area contributed by atoms with E-state index >= 15 is 0 Å². The molecule has 0 aliphatic carbocycles. The van der Waals surface area contributed by atoms with Crippen LogP contribution in [0.4, 0.5) is 0 Å². The summed E-state index contributed by atoms with van der Waals surface area (Å²) < 4.78 is 30.3. The number of rotatable bonds is 58. The van der Waals surface area contributed by atoms with E-state index in [4.69, 9.17) is 13.8 Å². The van der Waals surface area contributed by atoms with Gasteiger partial charge in [-0.2, -0.15) is 0 Å². The summed E-state index contributed by atoms with van der Waals surface area (Å²) in [4.78, 5) is 40.0. The van der Waals surface area contributed by atoms with Crippen molar-refractivity contribution in [1.82, 2.24) is 5.32 Å². The van der Waals surface area contributed by atoms with Crippen LogP contribution in [0.2, 0.25) is 0 Å². The molecule has 10 heteroatoms. The summed E-state index contributed by atoms with van der Waals surface area (Å²) in [6.07, 6.45) is 88.5. The minimum atomic E-state index is -4.73. The lowest BCUT2D eigenvalue weighted by atomic mass is 10.0. The van der Waals surface area contributed by atoms with Crippen molar-refractivity contribution in [3.05, 3.63) is 146 Å². The molecule has 0 aliphatic rings. The van der Waals surface area contributed by atoms with Crippen LogP contribution < -0.4 is 10.2 Å². The minimum Gasteiger partial charge on any atom is -0.756 e. The van der Waals surface area contributed by atoms with Crippen LogP contribution in [0.25, 0.3) is 0 Å². The van der Waals surface area contributed by atoms with E-state index in [0.717, 1.165) is 116 Å². The third-order valence-electron chi connectivity index (χ3n) is 13.8. The molecular weight excluding hydrogens is 1050 g/mol. The average molecular weight is 1170 g/mol. The number of nitrogens with one attached hydrogen (secondary N) is 1. The lowest BCUT2D eigenvalue weighted by Gasteiger charge is -2.30. The number of esters is 1. The smallest absolute Gasteiger partial charge is 0.306 e. The Labute approximate surface area is 510 Å². The largest absolute Gasteiger partial charge is 0.756 e. The third kappa shape index (κ3) is 62.2. The number of phosphoric ester groups is 1. The highest BCUT2D eigenvalue weighted by molar-refractivity contribution is 7.45. The molecule has 1 N–H and O–H groups in total. The van der Waals surface area contributed by atoms with E-state index in [1.54, 1.807) is 0 Å². The van der Waals surface area contributed by atoms with E-state index in [1.807, 2.05) is 45.4 Å². The summed E-state index contributed by atoms with van der Waals surface area (Å²) in [6, 6.07) is -0.940. The number of hydrogen-bond donors (Lipinski definition) is 1. The Morgan fingerprint density at radius 2 is 0.783 bits per heavy atom. The van der Waals surface area contributed by atoms with E-state index in [0.29, 0.717) is 23.9 Å². The molecule has 0 aromatic carbocycles. The van der Waals surface area contributed by atoms with Crippen LogP contribution >= 0.6 is 7.82 Å². The molecular formula is C73H123N2O7P. The maximum Gasteiger partial charge on any atom is 0.306 e. The van der Waals surface area contributed by atoms with Crippen molar-refractivity contribution in [2.45, 2.75) is 264 Å². The minimum absolute atomic E-state index is 0.0439. The lowest BCUT2D eigenvalue weighted by Crippen LogP contribution is -2.47. The number of likely N-dealkylation sites (N-methyl/N-ethyl adjacent to an activating group) is 1. The fourth-order valence-electron chi connectivity index (χ4n) is 8.75. The molecule has 83 heavy (non-hydrogen) atoms. The van der Waals surface area contributed by atoms with Gasteiger partial charge in [-0.15, -0.1) is 0 Å². The first kappa shape index (κ1) is 78.9. The maximum absolute atomic E-state index is 13.5. The Hall–Kier alpha value is -4.11. The van der Waals surface area contributed by atoms with Crippen LogP contribution in [0.3, 0.4) is 0 Å². The Bertz CT molecular complexity index is 1930. The maximum atomic E-state index is 13.5. The Balaban J connectivity index is 5.18. The summed E-state index contributed by atoms with van der Waals surface area (Å²) in [6.45, 7) is 6.54. The highest BCUT2D eigenvalue weighted by Crippen LogP contribution is 2.38. The first-order valence-corrected chi connectivity index (χ1v) is 34.6. The molecule has 472 valence electrons. The van der Waals surface area contributed by atoms with Gasteiger partial charge in [0, 0.05) is 12.8 Å². The molecule has 0 aliphatic heterocycles. The second-order valence-electron chi connectivity index (χ2n) is 22.9. The molecule has 0 radical (unpaired) electrons. The molecule has 0 rings (SSSR count). The van der Waals surface area contributed by atoms with Gasteiger partial charge in [0.2, 0.25) is 5.91 Å². The van der Waals surface area contributed by atoms with Crippen LogP contribution in [0.15, 0.2) is 146 Å². The van der Waals surface area contributed by atoms with Crippen molar-refractivity contribution >= 4 is 19.7 Å². The van der Waals surface area contributed by atoms with Crippen LogP contribution in [0.5, 0.6) is 0 Å². The highest BCUT2D eigenvalue weighted by atomic mass is 31.2. The third-order valence-corrected chi connectivity index (χ3v) is 14.7. The number of allylic oxidation sites excluding steroid dienone is 23. The standard InChI is InChI=1S/C73H123N2O7P/c1-7-10-13-16-19-22-25-27-29-31-33-34-35-36-37-38-39-40-42-44-46-48-51-54-57-60-63-66-73(77)82-71(64-61-58-55-52-49-24-21-18-15-12-9-3)70(69-81-83(78,79)80-68-67-75(4,5)6)74-72(76)65-62-59-56-53-50-47-45-43-41-32-30-28-26-23-20-17-14-11-8-2/h10-11,13-14,19-20,22-23,27-30,33-34,36-37,41,43,47,50,56,59,61,64,70-71H,7-9,12,15-18,21,24-26,31-32,35,38-40,42,44-46,48-49,51-55,57-58,60,62-63,65-69H2,1-6H3,(H-,74,76,78,79)/b13-10-,14-11-,22-19-,23-20-,29-27-,30-28-,34-33-,37-36-,43-41-,50-47-,59-56-,64-61-. The number of carbonyl (C=O) groups excluding carboxylic acids is 2. The molecule has 0 aromatic heterocycles. The molecule has 0 heterocycles. The number of phosphoric acid groups is 1. The van der Waals surface area contributed by atoms with E-state index in [2.05, 4.69) is 148 Å². The lowest BCUT2D eigenvalue weighted by molar-refractivity contribution is -0.870. The van der Waals surface area contributed by atoms with Gasteiger partial charge in [0.05, 0.1) is 33.8 Å². The first-order chi connectivity index (χ1) is 40.4. The van der Waals surface area contributed by atoms with E-state index in [9.17, 15) is 19.0 Å². The number of quaternary nitrogens is 1. The zero-order chi connectivity index (χ0) is 60.7. The molecule has 3 unspecified atom stereocenters. The Morgan fingerprint density at radius 3 is 1.18 bits per heavy atom. The monoisotopic (exact) mass is 1170 g/mol. The summed E-state index contributed by atoms with van der Waals surface area (Å²) in [5.74, 6) is -0.652. The van der Waals surface area contributed by atoms with Gasteiger partial charge in [0.15, 0.2) is 0 Å². The molecule has 9 nitrogen and oxygen atoms in total. The highest BCUT2D eigenvalue weighted by Gasteiger charge is 2.27. The summed E-state index contributed by atoms with van der Waals surface area (Å²) in [5.41, 5.74) is 0. The SMILES string of the molecule is CC/C=C\C/C=C\C/C=C\C/C=C\C/C=C\C/C=C\CCC(=O)NC(COP(=O)([O-])OCC[N+](C)(C)C)C(/C=C\CCCCCCCCCCC)OC(=O)CCCCCCCCCCCCC/C=C\C/C=C\C/C=C\C/C=C\C/C=C\CC.